The van der Waals surface area contributed by atoms with Gasteiger partial charge in [-0.2, -0.15) is 0 Å². The molecule has 1 heterocycles. The predicted molar refractivity (Wildman–Crippen MR) is 77.8 cm³/mol. The van der Waals surface area contributed by atoms with Gasteiger partial charge in [-0.1, -0.05) is 0 Å². The molecule has 0 N–H and O–H groups in total. The van der Waals surface area contributed by atoms with Gasteiger partial charge in [-0.05, 0) is 32.0 Å². The molecule has 0 saturated heterocycles. The average Bonchev–Trinajstić information content (AvgIpc) is 2.73. The van der Waals surface area contributed by atoms with Crippen LogP contribution in [0.25, 0.3) is 0 Å². The number of nitro groups is 1. The molecule has 0 fully saturated rings. The lowest BCUT2D eigenvalue weighted by atomic mass is 10.1. The lowest BCUT2D eigenvalue weighted by Crippen LogP contribution is -2.12. The molecule has 2 rings (SSSR count). The van der Waals surface area contributed by atoms with E-state index < -0.39 is 4.92 Å². The summed E-state index contributed by atoms with van der Waals surface area (Å²) in [6.45, 7) is 3.72. The van der Waals surface area contributed by atoms with Crippen molar-refractivity contribution in [3.63, 3.8) is 0 Å². The summed E-state index contributed by atoms with van der Waals surface area (Å²) in [4.78, 5) is 22.2. The van der Waals surface area contributed by atoms with Crippen LogP contribution in [0.15, 0.2) is 30.3 Å². The Morgan fingerprint density at radius 2 is 1.90 bits per heavy atom. The lowest BCUT2D eigenvalue weighted by Gasteiger charge is -2.05. The minimum atomic E-state index is -0.481. The zero-order valence-corrected chi connectivity index (χ0v) is 12.1. The number of hydrogen-bond donors (Lipinski definition) is 0. The van der Waals surface area contributed by atoms with E-state index >= 15 is 0 Å². The summed E-state index contributed by atoms with van der Waals surface area (Å²) in [5, 5.41) is 10.5. The summed E-state index contributed by atoms with van der Waals surface area (Å²) in [7, 11) is 1.90. The van der Waals surface area contributed by atoms with Crippen LogP contribution in [0.2, 0.25) is 0 Å². The van der Waals surface area contributed by atoms with E-state index in [4.69, 9.17) is 4.74 Å². The number of ketones is 1. The van der Waals surface area contributed by atoms with Crippen molar-refractivity contribution in [1.29, 1.82) is 0 Å². The zero-order valence-electron chi connectivity index (χ0n) is 12.1. The number of ether oxygens (including phenoxy) is 1. The van der Waals surface area contributed by atoms with Crippen molar-refractivity contribution in [1.82, 2.24) is 4.57 Å². The quantitative estimate of drug-likeness (QED) is 0.481. The first-order valence-electron chi connectivity index (χ1n) is 6.43. The molecule has 6 nitrogen and oxygen atoms in total. The maximum absolute atomic E-state index is 12.1. The van der Waals surface area contributed by atoms with Crippen LogP contribution in [0.5, 0.6) is 5.75 Å². The Kier molecular flexibility index (Phi) is 4.07. The number of aryl methyl sites for hydroxylation is 1. The molecule has 6 heteroatoms. The maximum atomic E-state index is 12.1. The first-order valence-corrected chi connectivity index (χ1v) is 6.43. The van der Waals surface area contributed by atoms with Crippen molar-refractivity contribution in [3.8, 4) is 5.75 Å². The Balaban J connectivity index is 2.04. The topological polar surface area (TPSA) is 74.4 Å². The minimum absolute atomic E-state index is 0.0109. The van der Waals surface area contributed by atoms with Gasteiger partial charge >= 0.3 is 0 Å². The van der Waals surface area contributed by atoms with Crippen LogP contribution in [0.1, 0.15) is 21.7 Å². The van der Waals surface area contributed by atoms with Gasteiger partial charge < -0.3 is 9.30 Å². The fraction of sp³-hybridized carbons (Fsp3) is 0.267. The van der Waals surface area contributed by atoms with Gasteiger partial charge in [0.1, 0.15) is 5.75 Å². The summed E-state index contributed by atoms with van der Waals surface area (Å²) < 4.78 is 7.32. The largest absolute Gasteiger partial charge is 0.485 e. The predicted octanol–water partition coefficient (Wildman–Crippen LogP) is 2.81. The molecule has 0 aliphatic rings. The number of nitro benzene ring substituents is 1. The molecule has 2 aromatic rings. The Bertz CT molecular complexity index is 686. The molecule has 0 bridgehead atoms. The van der Waals surface area contributed by atoms with Crippen LogP contribution in [-0.4, -0.2) is 21.9 Å². The summed E-state index contributed by atoms with van der Waals surface area (Å²) in [6, 6.07) is 7.48. The van der Waals surface area contributed by atoms with E-state index in [2.05, 4.69) is 0 Å². The second kappa shape index (κ2) is 5.78. The monoisotopic (exact) mass is 288 g/mol. The third kappa shape index (κ3) is 3.10. The Labute approximate surface area is 122 Å². The standard InChI is InChI=1S/C15H16N2O4/c1-10-8-14(11(2)16(10)3)15(18)9-21-13-6-4-12(5-7-13)17(19)20/h4-8H,9H2,1-3H3. The molecule has 0 atom stereocenters. The van der Waals surface area contributed by atoms with Gasteiger partial charge in [-0.3, -0.25) is 14.9 Å². The fourth-order valence-electron chi connectivity index (χ4n) is 2.03. The van der Waals surface area contributed by atoms with Gasteiger partial charge in [-0.25, -0.2) is 0 Å². The molecule has 1 aromatic heterocycles. The Morgan fingerprint density at radius 1 is 1.29 bits per heavy atom. The van der Waals surface area contributed by atoms with Gasteiger partial charge in [0.05, 0.1) is 4.92 Å². The molecule has 0 radical (unpaired) electrons. The summed E-state index contributed by atoms with van der Waals surface area (Å²) in [5.74, 6) is 0.314. The highest BCUT2D eigenvalue weighted by Crippen LogP contribution is 2.18. The van der Waals surface area contributed by atoms with Crippen LogP contribution in [0, 0.1) is 24.0 Å². The van der Waals surface area contributed by atoms with E-state index in [1.807, 2.05) is 31.5 Å². The Hall–Kier alpha value is -2.63. The van der Waals surface area contributed by atoms with Crippen molar-refractivity contribution < 1.29 is 14.5 Å². The van der Waals surface area contributed by atoms with Crippen molar-refractivity contribution in [3.05, 3.63) is 57.4 Å². The smallest absolute Gasteiger partial charge is 0.269 e. The van der Waals surface area contributed by atoms with Crippen molar-refractivity contribution in [2.45, 2.75) is 13.8 Å². The van der Waals surface area contributed by atoms with E-state index in [9.17, 15) is 14.9 Å². The van der Waals surface area contributed by atoms with Gasteiger partial charge in [0.15, 0.2) is 6.61 Å². The van der Waals surface area contributed by atoms with Crippen LogP contribution < -0.4 is 4.74 Å². The Morgan fingerprint density at radius 3 is 2.38 bits per heavy atom. The van der Waals surface area contributed by atoms with E-state index in [0.717, 1.165) is 11.4 Å². The second-order valence-corrected chi connectivity index (χ2v) is 4.81. The van der Waals surface area contributed by atoms with Crippen molar-refractivity contribution in [2.24, 2.45) is 7.05 Å². The molecule has 0 aliphatic carbocycles. The number of carbonyl (C=O) groups is 1. The number of nitrogens with zero attached hydrogens (tertiary/aromatic N) is 2. The van der Waals surface area contributed by atoms with Crippen molar-refractivity contribution in [2.75, 3.05) is 6.61 Å². The lowest BCUT2D eigenvalue weighted by molar-refractivity contribution is -0.384. The van der Waals surface area contributed by atoms with Gasteiger partial charge in [0.25, 0.3) is 5.69 Å². The maximum Gasteiger partial charge on any atom is 0.269 e. The SMILES string of the molecule is Cc1cc(C(=O)COc2ccc([N+](=O)[O-])cc2)c(C)n1C. The molecule has 21 heavy (non-hydrogen) atoms. The highest BCUT2D eigenvalue weighted by atomic mass is 16.6. The average molecular weight is 288 g/mol. The molecule has 0 unspecified atom stereocenters. The molecule has 0 spiro atoms. The first kappa shape index (κ1) is 14.8. The number of non-ortho nitro benzene ring substituents is 1. The third-order valence-electron chi connectivity index (χ3n) is 3.49. The van der Waals surface area contributed by atoms with E-state index in [1.54, 1.807) is 0 Å². The van der Waals surface area contributed by atoms with E-state index in [-0.39, 0.29) is 18.1 Å². The number of rotatable bonds is 5. The summed E-state index contributed by atoms with van der Waals surface area (Å²) in [5.41, 5.74) is 2.52. The molecule has 1 aromatic carbocycles. The second-order valence-electron chi connectivity index (χ2n) is 4.81. The highest BCUT2D eigenvalue weighted by molar-refractivity contribution is 5.98. The molecular formula is C15H16N2O4. The third-order valence-corrected chi connectivity index (χ3v) is 3.49. The molecule has 110 valence electrons. The van der Waals surface area contributed by atoms with Gasteiger partial charge in [0.2, 0.25) is 5.78 Å². The van der Waals surface area contributed by atoms with Crippen LogP contribution in [-0.2, 0) is 7.05 Å². The first-order chi connectivity index (χ1) is 9.90. The minimum Gasteiger partial charge on any atom is -0.485 e. The normalized spacial score (nSPS) is 10.4. The van der Waals surface area contributed by atoms with Crippen LogP contribution >= 0.6 is 0 Å². The van der Waals surface area contributed by atoms with Crippen molar-refractivity contribution >= 4 is 11.5 Å². The van der Waals surface area contributed by atoms with E-state index in [0.29, 0.717) is 11.3 Å². The molecule has 0 saturated carbocycles. The number of Topliss-reactive ketones (excluding diaryl/α,β-unsaturated/α-hetero) is 1. The summed E-state index contributed by atoms with van der Waals surface area (Å²) >= 11 is 0. The zero-order chi connectivity index (χ0) is 15.6. The highest BCUT2D eigenvalue weighted by Gasteiger charge is 2.14. The van der Waals surface area contributed by atoms with Crippen LogP contribution in [0.4, 0.5) is 5.69 Å². The van der Waals surface area contributed by atoms with Gasteiger partial charge in [-0.15, -0.1) is 0 Å². The van der Waals surface area contributed by atoms with E-state index in [1.165, 1.54) is 24.3 Å². The number of carbonyl (C=O) groups excluding carboxylic acids is 1. The molecule has 0 aliphatic heterocycles. The molecular weight excluding hydrogens is 272 g/mol. The molecule has 0 amide bonds. The number of benzene rings is 1. The fourth-order valence-corrected chi connectivity index (χ4v) is 2.03. The number of hydrogen-bond acceptors (Lipinski definition) is 4. The van der Waals surface area contributed by atoms with Crippen LogP contribution in [0.3, 0.4) is 0 Å². The number of aromatic nitrogens is 1. The van der Waals surface area contributed by atoms with Gasteiger partial charge in [0, 0.05) is 36.1 Å². The summed E-state index contributed by atoms with van der Waals surface area (Å²) in [6.07, 6.45) is 0.